The van der Waals surface area contributed by atoms with Gasteiger partial charge in [-0.3, -0.25) is 14.5 Å². The van der Waals surface area contributed by atoms with Gasteiger partial charge in [-0.15, -0.1) is 0 Å². The fourth-order valence-corrected chi connectivity index (χ4v) is 7.53. The zero-order valence-corrected chi connectivity index (χ0v) is 23.7. The Balaban J connectivity index is 1.16. The van der Waals surface area contributed by atoms with Crippen molar-refractivity contribution in [2.75, 3.05) is 6.54 Å². The third-order valence-corrected chi connectivity index (χ3v) is 9.74. The molecule has 0 radical (unpaired) electrons. The Morgan fingerprint density at radius 3 is 2.00 bits per heavy atom. The van der Waals surface area contributed by atoms with Gasteiger partial charge in [0.05, 0.1) is 0 Å². The van der Waals surface area contributed by atoms with Crippen LogP contribution in [0.25, 0.3) is 0 Å². The van der Waals surface area contributed by atoms with E-state index in [9.17, 15) is 9.59 Å². The van der Waals surface area contributed by atoms with Crippen LogP contribution in [0, 0.1) is 23.2 Å². The van der Waals surface area contributed by atoms with Gasteiger partial charge in [0.15, 0.2) is 0 Å². The van der Waals surface area contributed by atoms with E-state index in [0.717, 1.165) is 30.6 Å². The molecule has 0 aromatic carbocycles. The highest BCUT2D eigenvalue weighted by Gasteiger charge is 2.50. The molecule has 204 valence electrons. The number of nitrogens with zero attached hydrogens (tertiary/aromatic N) is 1. The molecule has 1 heterocycles. The number of fused-ring (bicyclic) bond motifs is 2. The zero-order chi connectivity index (χ0) is 25.6. The summed E-state index contributed by atoms with van der Waals surface area (Å²) in [5, 5.41) is 0. The van der Waals surface area contributed by atoms with Crippen molar-refractivity contribution in [3.05, 3.63) is 24.3 Å². The van der Waals surface area contributed by atoms with Crippen molar-refractivity contribution < 1.29 is 9.59 Å². The number of imide groups is 1. The predicted octanol–water partition coefficient (Wildman–Crippen LogP) is 9.17. The maximum absolute atomic E-state index is 11.5. The first-order chi connectivity index (χ1) is 17.6. The van der Waals surface area contributed by atoms with Crippen molar-refractivity contribution in [2.24, 2.45) is 23.2 Å². The van der Waals surface area contributed by atoms with Gasteiger partial charge in [-0.05, 0) is 81.0 Å². The van der Waals surface area contributed by atoms with Crippen LogP contribution >= 0.6 is 0 Å². The number of hydrogen-bond acceptors (Lipinski definition) is 2. The Hall–Kier alpha value is -1.38. The molecule has 0 saturated heterocycles. The number of amides is 2. The van der Waals surface area contributed by atoms with E-state index >= 15 is 0 Å². The van der Waals surface area contributed by atoms with E-state index in [0.29, 0.717) is 12.0 Å². The molecule has 0 aromatic heterocycles. The lowest BCUT2D eigenvalue weighted by molar-refractivity contribution is -0.136. The molecule has 2 unspecified atom stereocenters. The summed E-state index contributed by atoms with van der Waals surface area (Å²) < 4.78 is 0. The summed E-state index contributed by atoms with van der Waals surface area (Å²) in [6.45, 7) is 5.48. The summed E-state index contributed by atoms with van der Waals surface area (Å²) in [6.07, 6.45) is 34.9. The first kappa shape index (κ1) is 29.2. The van der Waals surface area contributed by atoms with Crippen molar-refractivity contribution >= 4 is 11.8 Å². The smallest absolute Gasteiger partial charge is 0.253 e. The number of carbonyl (C=O) groups excluding carboxylic acids is 2. The molecule has 3 nitrogen and oxygen atoms in total. The Kier molecular flexibility index (Phi) is 12.8. The van der Waals surface area contributed by atoms with E-state index in [4.69, 9.17) is 0 Å². The summed E-state index contributed by atoms with van der Waals surface area (Å²) in [7, 11) is 0. The Bertz CT molecular complexity index is 697. The molecule has 2 saturated carbocycles. The Labute approximate surface area is 222 Å². The van der Waals surface area contributed by atoms with Crippen LogP contribution in [-0.4, -0.2) is 23.3 Å². The minimum atomic E-state index is -0.146. The summed E-state index contributed by atoms with van der Waals surface area (Å²) in [6, 6.07) is 0. The van der Waals surface area contributed by atoms with Crippen LogP contribution in [0.2, 0.25) is 0 Å². The number of rotatable bonds is 20. The van der Waals surface area contributed by atoms with Gasteiger partial charge in [-0.2, -0.15) is 0 Å². The van der Waals surface area contributed by atoms with Gasteiger partial charge in [0.1, 0.15) is 0 Å². The molecule has 1 aliphatic heterocycles. The third-order valence-electron chi connectivity index (χ3n) is 9.74. The molecule has 3 rings (SSSR count). The first-order valence-corrected chi connectivity index (χ1v) is 15.7. The third kappa shape index (κ3) is 8.88. The SMILES string of the molecule is CCCCC(C)C(CC=CCCCCCCCCCCCCN1C(=O)C=CC1=O)C12CCC(CC1)C2. The summed E-state index contributed by atoms with van der Waals surface area (Å²) in [5.74, 6) is 2.59. The molecule has 36 heavy (non-hydrogen) atoms. The van der Waals surface area contributed by atoms with E-state index in [1.807, 2.05) is 0 Å². The monoisotopic (exact) mass is 497 g/mol. The standard InChI is InChI=1S/C33H55NO2/c1-3-4-18-28(2)30(33-24-22-29(27-33)23-25-33)19-16-14-12-10-8-6-5-7-9-11-13-15-17-26-34-31(35)20-21-32(34)36/h14,16,20-21,28-30H,3-13,15,17-19,22-27H2,1-2H3. The highest BCUT2D eigenvalue weighted by atomic mass is 16.2. The molecule has 0 aromatic rings. The van der Waals surface area contributed by atoms with Gasteiger partial charge in [0.2, 0.25) is 0 Å². The van der Waals surface area contributed by atoms with Crippen LogP contribution in [-0.2, 0) is 9.59 Å². The van der Waals surface area contributed by atoms with Crippen LogP contribution in [0.3, 0.4) is 0 Å². The quantitative estimate of drug-likeness (QED) is 0.0955. The second kappa shape index (κ2) is 15.8. The molecule has 3 heteroatoms. The molecule has 2 atom stereocenters. The molecule has 2 bridgehead atoms. The average molecular weight is 498 g/mol. The highest BCUT2D eigenvalue weighted by molar-refractivity contribution is 6.12. The summed E-state index contributed by atoms with van der Waals surface area (Å²) in [4.78, 5) is 24.4. The van der Waals surface area contributed by atoms with Crippen molar-refractivity contribution in [1.29, 1.82) is 0 Å². The highest BCUT2D eigenvalue weighted by Crippen LogP contribution is 2.60. The second-order valence-electron chi connectivity index (χ2n) is 12.4. The Morgan fingerprint density at radius 1 is 0.861 bits per heavy atom. The molecule has 2 amide bonds. The van der Waals surface area contributed by atoms with E-state index in [1.54, 1.807) is 6.42 Å². The second-order valence-corrected chi connectivity index (χ2v) is 12.4. The molecular weight excluding hydrogens is 442 g/mol. The van der Waals surface area contributed by atoms with E-state index < -0.39 is 0 Å². The molecule has 2 fully saturated rings. The normalized spacial score (nSPS) is 25.1. The van der Waals surface area contributed by atoms with E-state index in [1.165, 1.54) is 126 Å². The van der Waals surface area contributed by atoms with Crippen molar-refractivity contribution in [3.8, 4) is 0 Å². The maximum atomic E-state index is 11.5. The van der Waals surface area contributed by atoms with E-state index in [2.05, 4.69) is 26.0 Å². The average Bonchev–Trinajstić information content (AvgIpc) is 3.58. The molecular formula is C33H55NO2. The lowest BCUT2D eigenvalue weighted by atomic mass is 9.65. The topological polar surface area (TPSA) is 37.4 Å². The van der Waals surface area contributed by atoms with Crippen LogP contribution in [0.4, 0.5) is 0 Å². The largest absolute Gasteiger partial charge is 0.275 e. The fraction of sp³-hybridized carbons (Fsp3) is 0.818. The molecule has 3 aliphatic rings. The van der Waals surface area contributed by atoms with E-state index in [-0.39, 0.29) is 11.8 Å². The Morgan fingerprint density at radius 2 is 1.44 bits per heavy atom. The summed E-state index contributed by atoms with van der Waals surface area (Å²) >= 11 is 0. The van der Waals surface area contributed by atoms with Gasteiger partial charge in [0.25, 0.3) is 11.8 Å². The molecule has 2 aliphatic carbocycles. The molecule has 0 spiro atoms. The lowest BCUT2D eigenvalue weighted by Gasteiger charge is -2.40. The van der Waals surface area contributed by atoms with Crippen LogP contribution in [0.1, 0.15) is 142 Å². The van der Waals surface area contributed by atoms with Crippen LogP contribution in [0.5, 0.6) is 0 Å². The molecule has 0 N–H and O–H groups in total. The van der Waals surface area contributed by atoms with Gasteiger partial charge >= 0.3 is 0 Å². The number of unbranched alkanes of at least 4 members (excludes halogenated alkanes) is 11. The number of allylic oxidation sites excluding steroid dienone is 2. The van der Waals surface area contributed by atoms with Gasteiger partial charge in [-0.25, -0.2) is 0 Å². The number of hydrogen-bond donors (Lipinski definition) is 0. The van der Waals surface area contributed by atoms with Crippen molar-refractivity contribution in [1.82, 2.24) is 4.90 Å². The predicted molar refractivity (Wildman–Crippen MR) is 152 cm³/mol. The maximum Gasteiger partial charge on any atom is 0.253 e. The number of carbonyl (C=O) groups is 2. The van der Waals surface area contributed by atoms with Crippen molar-refractivity contribution in [3.63, 3.8) is 0 Å². The van der Waals surface area contributed by atoms with Crippen molar-refractivity contribution in [2.45, 2.75) is 142 Å². The van der Waals surface area contributed by atoms with Crippen LogP contribution < -0.4 is 0 Å². The fourth-order valence-electron chi connectivity index (χ4n) is 7.53. The van der Waals surface area contributed by atoms with Gasteiger partial charge < -0.3 is 0 Å². The van der Waals surface area contributed by atoms with Crippen LogP contribution in [0.15, 0.2) is 24.3 Å². The minimum absolute atomic E-state index is 0.146. The lowest BCUT2D eigenvalue weighted by Crippen LogP contribution is -2.31. The minimum Gasteiger partial charge on any atom is -0.275 e. The van der Waals surface area contributed by atoms with Gasteiger partial charge in [-0.1, -0.05) is 96.6 Å². The summed E-state index contributed by atoms with van der Waals surface area (Å²) in [5.41, 5.74) is 0.700. The van der Waals surface area contributed by atoms with Gasteiger partial charge in [0, 0.05) is 18.7 Å². The zero-order valence-electron chi connectivity index (χ0n) is 23.7. The first-order valence-electron chi connectivity index (χ1n) is 15.7.